The Morgan fingerprint density at radius 3 is 2.62 bits per heavy atom. The van der Waals surface area contributed by atoms with Gasteiger partial charge in [0.25, 0.3) is 0 Å². The van der Waals surface area contributed by atoms with Crippen LogP contribution in [0.1, 0.15) is 23.2 Å². The lowest BCUT2D eigenvalue weighted by atomic mass is 9.95. The lowest BCUT2D eigenvalue weighted by Crippen LogP contribution is -2.39. The molecule has 1 aliphatic heterocycles. The van der Waals surface area contributed by atoms with Crippen molar-refractivity contribution in [1.82, 2.24) is 4.98 Å². The number of hydrogen-bond donors (Lipinski definition) is 2. The van der Waals surface area contributed by atoms with Crippen LogP contribution in [-0.2, 0) is 9.53 Å². The summed E-state index contributed by atoms with van der Waals surface area (Å²) in [6.07, 6.45) is 2.91. The van der Waals surface area contributed by atoms with E-state index in [4.69, 9.17) is 4.74 Å². The molecule has 1 aromatic carbocycles. The molecule has 7 nitrogen and oxygen atoms in total. The van der Waals surface area contributed by atoms with Crippen molar-refractivity contribution in [2.45, 2.75) is 12.8 Å². The van der Waals surface area contributed by atoms with Crippen molar-refractivity contribution < 1.29 is 19.4 Å². The van der Waals surface area contributed by atoms with Gasteiger partial charge in [-0.05, 0) is 37.1 Å². The van der Waals surface area contributed by atoms with E-state index in [0.717, 1.165) is 0 Å². The molecule has 7 heteroatoms. The minimum absolute atomic E-state index is 0.0505. The molecule has 1 saturated heterocycles. The molecule has 0 spiro atoms. The second-order valence-corrected chi connectivity index (χ2v) is 6.13. The number of carbonyl (C=O) groups excluding carboxylic acids is 2. The molecule has 0 unspecified atom stereocenters. The van der Waals surface area contributed by atoms with E-state index in [1.807, 2.05) is 4.90 Å². The SMILES string of the molecule is COC(=O)c1cccnc1N1CCC(C(=O)Nc2ccccc2O)CC1. The number of nitrogens with zero attached hydrogens (tertiary/aromatic N) is 2. The van der Waals surface area contributed by atoms with E-state index in [2.05, 4.69) is 10.3 Å². The monoisotopic (exact) mass is 355 g/mol. The summed E-state index contributed by atoms with van der Waals surface area (Å²) >= 11 is 0. The van der Waals surface area contributed by atoms with E-state index < -0.39 is 5.97 Å². The van der Waals surface area contributed by atoms with E-state index in [1.165, 1.54) is 13.2 Å². The number of methoxy groups -OCH3 is 1. The molecule has 136 valence electrons. The van der Waals surface area contributed by atoms with Crippen molar-refractivity contribution in [3.63, 3.8) is 0 Å². The molecule has 26 heavy (non-hydrogen) atoms. The van der Waals surface area contributed by atoms with Crippen molar-refractivity contribution in [1.29, 1.82) is 0 Å². The Labute approximate surface area is 151 Å². The van der Waals surface area contributed by atoms with Crippen molar-refractivity contribution in [2.24, 2.45) is 5.92 Å². The van der Waals surface area contributed by atoms with E-state index in [-0.39, 0.29) is 17.6 Å². The summed E-state index contributed by atoms with van der Waals surface area (Å²) in [7, 11) is 1.34. The lowest BCUT2D eigenvalue weighted by Gasteiger charge is -2.32. The van der Waals surface area contributed by atoms with Gasteiger partial charge in [-0.3, -0.25) is 4.79 Å². The molecular formula is C19H21N3O4. The number of nitrogens with one attached hydrogen (secondary N) is 1. The first-order valence-electron chi connectivity index (χ1n) is 8.47. The van der Waals surface area contributed by atoms with Crippen molar-refractivity contribution in [3.8, 4) is 5.75 Å². The number of phenolic OH excluding ortho intramolecular Hbond substituents is 1. The summed E-state index contributed by atoms with van der Waals surface area (Å²) in [5.74, 6) is -0.0579. The molecule has 1 aromatic heterocycles. The summed E-state index contributed by atoms with van der Waals surface area (Å²) in [6.45, 7) is 1.22. The number of amides is 1. The quantitative estimate of drug-likeness (QED) is 0.646. The number of ether oxygens (including phenoxy) is 1. The topological polar surface area (TPSA) is 91.8 Å². The number of aromatic hydroxyl groups is 1. The van der Waals surface area contributed by atoms with E-state index in [0.29, 0.717) is 43.0 Å². The predicted molar refractivity (Wildman–Crippen MR) is 97.3 cm³/mol. The Bertz CT molecular complexity index is 801. The Kier molecular flexibility index (Phi) is 5.36. The van der Waals surface area contributed by atoms with Crippen LogP contribution in [0.3, 0.4) is 0 Å². The molecule has 2 N–H and O–H groups in total. The highest BCUT2D eigenvalue weighted by atomic mass is 16.5. The summed E-state index contributed by atoms with van der Waals surface area (Å²) < 4.78 is 4.81. The van der Waals surface area contributed by atoms with E-state index in [9.17, 15) is 14.7 Å². The van der Waals surface area contributed by atoms with Crippen LogP contribution in [0, 0.1) is 5.92 Å². The first-order chi connectivity index (χ1) is 12.6. The maximum absolute atomic E-state index is 12.5. The van der Waals surface area contributed by atoms with Crippen LogP contribution in [0.15, 0.2) is 42.6 Å². The zero-order valence-electron chi connectivity index (χ0n) is 14.5. The van der Waals surface area contributed by atoms with Gasteiger partial charge in [-0.2, -0.15) is 0 Å². The zero-order chi connectivity index (χ0) is 18.5. The Balaban J connectivity index is 1.64. The second kappa shape index (κ2) is 7.86. The molecule has 1 amide bonds. The second-order valence-electron chi connectivity index (χ2n) is 6.13. The van der Waals surface area contributed by atoms with Crippen LogP contribution in [0.25, 0.3) is 0 Å². The number of hydrogen-bond acceptors (Lipinski definition) is 6. The largest absolute Gasteiger partial charge is 0.506 e. The highest BCUT2D eigenvalue weighted by Gasteiger charge is 2.28. The Morgan fingerprint density at radius 2 is 1.92 bits per heavy atom. The van der Waals surface area contributed by atoms with Crippen molar-refractivity contribution in [3.05, 3.63) is 48.2 Å². The van der Waals surface area contributed by atoms with Gasteiger partial charge in [-0.25, -0.2) is 9.78 Å². The van der Waals surface area contributed by atoms with Crippen LogP contribution in [0.2, 0.25) is 0 Å². The number of esters is 1. The smallest absolute Gasteiger partial charge is 0.341 e. The third kappa shape index (κ3) is 3.77. The number of anilines is 2. The normalized spacial score (nSPS) is 14.7. The first-order valence-corrected chi connectivity index (χ1v) is 8.47. The fourth-order valence-corrected chi connectivity index (χ4v) is 3.09. The number of phenols is 1. The van der Waals surface area contributed by atoms with Gasteiger partial charge in [0.15, 0.2) is 0 Å². The number of carbonyl (C=O) groups is 2. The maximum atomic E-state index is 12.5. The molecular weight excluding hydrogens is 334 g/mol. The van der Waals surface area contributed by atoms with Gasteiger partial charge >= 0.3 is 5.97 Å². The zero-order valence-corrected chi connectivity index (χ0v) is 14.5. The average molecular weight is 355 g/mol. The Morgan fingerprint density at radius 1 is 1.19 bits per heavy atom. The molecule has 2 heterocycles. The van der Waals surface area contributed by atoms with Crippen LogP contribution < -0.4 is 10.2 Å². The van der Waals surface area contributed by atoms with Crippen LogP contribution in [0.4, 0.5) is 11.5 Å². The standard InChI is InChI=1S/C19H21N3O4/c1-26-19(25)14-5-4-10-20-17(14)22-11-8-13(9-12-22)18(24)21-15-6-2-3-7-16(15)23/h2-7,10,13,23H,8-9,11-12H2,1H3,(H,21,24). The number of para-hydroxylation sites is 2. The molecule has 0 saturated carbocycles. The number of pyridine rings is 1. The fraction of sp³-hybridized carbons (Fsp3) is 0.316. The lowest BCUT2D eigenvalue weighted by molar-refractivity contribution is -0.120. The fourth-order valence-electron chi connectivity index (χ4n) is 3.09. The van der Waals surface area contributed by atoms with Crippen molar-refractivity contribution in [2.75, 3.05) is 30.4 Å². The number of piperidine rings is 1. The minimum Gasteiger partial charge on any atom is -0.506 e. The van der Waals surface area contributed by atoms with Gasteiger partial charge < -0.3 is 20.1 Å². The predicted octanol–water partition coefficient (Wildman–Crippen LogP) is 2.43. The molecule has 0 aliphatic carbocycles. The summed E-state index contributed by atoms with van der Waals surface area (Å²) in [4.78, 5) is 30.7. The highest BCUT2D eigenvalue weighted by Crippen LogP contribution is 2.27. The minimum atomic E-state index is -0.424. The van der Waals surface area contributed by atoms with Gasteiger partial charge in [0, 0.05) is 25.2 Å². The third-order valence-corrected chi connectivity index (χ3v) is 4.52. The number of aromatic nitrogens is 1. The highest BCUT2D eigenvalue weighted by molar-refractivity contribution is 5.95. The first kappa shape index (κ1) is 17.7. The average Bonchev–Trinajstić information content (AvgIpc) is 2.69. The van der Waals surface area contributed by atoms with Gasteiger partial charge in [-0.15, -0.1) is 0 Å². The molecule has 0 bridgehead atoms. The van der Waals surface area contributed by atoms with Crippen LogP contribution in [-0.4, -0.2) is 42.2 Å². The van der Waals surface area contributed by atoms with Crippen molar-refractivity contribution >= 4 is 23.4 Å². The molecule has 0 atom stereocenters. The van der Waals surface area contributed by atoms with Crippen LogP contribution in [0.5, 0.6) is 5.75 Å². The van der Waals surface area contributed by atoms with Gasteiger partial charge in [0.1, 0.15) is 17.1 Å². The summed E-state index contributed by atoms with van der Waals surface area (Å²) in [5.41, 5.74) is 0.838. The molecule has 3 rings (SSSR count). The molecule has 1 fully saturated rings. The van der Waals surface area contributed by atoms with Gasteiger partial charge in [0.2, 0.25) is 5.91 Å². The van der Waals surface area contributed by atoms with Gasteiger partial charge in [-0.1, -0.05) is 12.1 Å². The number of benzene rings is 1. The van der Waals surface area contributed by atoms with Crippen LogP contribution >= 0.6 is 0 Å². The summed E-state index contributed by atoms with van der Waals surface area (Å²) in [5, 5.41) is 12.6. The number of rotatable bonds is 4. The van der Waals surface area contributed by atoms with E-state index >= 15 is 0 Å². The molecule has 1 aliphatic rings. The molecule has 0 radical (unpaired) electrons. The molecule has 2 aromatic rings. The van der Waals surface area contributed by atoms with Gasteiger partial charge in [0.05, 0.1) is 12.8 Å². The maximum Gasteiger partial charge on any atom is 0.341 e. The Hall–Kier alpha value is -3.09. The third-order valence-electron chi connectivity index (χ3n) is 4.52. The summed E-state index contributed by atoms with van der Waals surface area (Å²) in [6, 6.07) is 10.0. The van der Waals surface area contributed by atoms with E-state index in [1.54, 1.807) is 36.5 Å².